The van der Waals surface area contributed by atoms with E-state index in [9.17, 15) is 17.6 Å². The van der Waals surface area contributed by atoms with Gasteiger partial charge < -0.3 is 5.32 Å². The largest absolute Gasteiger partial charge is 0.421 e. The van der Waals surface area contributed by atoms with E-state index in [0.717, 1.165) is 0 Å². The van der Waals surface area contributed by atoms with E-state index >= 15 is 0 Å². The predicted octanol–water partition coefficient (Wildman–Crippen LogP) is 4.46. The van der Waals surface area contributed by atoms with Crippen molar-refractivity contribution in [1.29, 1.82) is 0 Å². The average molecular weight is 320 g/mol. The Kier molecular flexibility index (Phi) is 4.32. The molecule has 0 aliphatic heterocycles. The number of benzene rings is 1. The first-order chi connectivity index (χ1) is 9.77. The van der Waals surface area contributed by atoms with Gasteiger partial charge in [0.1, 0.15) is 17.2 Å². The Morgan fingerprint density at radius 2 is 1.81 bits per heavy atom. The molecule has 0 aliphatic rings. The van der Waals surface area contributed by atoms with E-state index in [1.807, 2.05) is 0 Å². The third-order valence-electron chi connectivity index (χ3n) is 2.79. The molecule has 1 N–H and O–H groups in total. The number of anilines is 1. The van der Waals surface area contributed by atoms with Crippen LogP contribution in [0.3, 0.4) is 0 Å². The van der Waals surface area contributed by atoms with Crippen LogP contribution in [0.5, 0.6) is 0 Å². The lowest BCUT2D eigenvalue weighted by atomic mass is 10.1. The molecule has 0 radical (unpaired) electrons. The highest BCUT2D eigenvalue weighted by atomic mass is 35.5. The second kappa shape index (κ2) is 5.85. The SMILES string of the molecule is CC(Nc1nc(Cl)ncc1C(F)(F)F)c1ccc(F)cc1. The van der Waals surface area contributed by atoms with E-state index in [0.29, 0.717) is 11.8 Å². The van der Waals surface area contributed by atoms with Gasteiger partial charge in [-0.3, -0.25) is 0 Å². The lowest BCUT2D eigenvalue weighted by Gasteiger charge is -2.18. The van der Waals surface area contributed by atoms with E-state index < -0.39 is 29.4 Å². The van der Waals surface area contributed by atoms with E-state index in [-0.39, 0.29) is 5.28 Å². The Labute approximate surface area is 123 Å². The minimum Gasteiger partial charge on any atom is -0.363 e. The Hall–Kier alpha value is -1.89. The minimum absolute atomic E-state index is 0.295. The monoisotopic (exact) mass is 319 g/mol. The van der Waals surface area contributed by atoms with Crippen molar-refractivity contribution in [2.75, 3.05) is 5.32 Å². The van der Waals surface area contributed by atoms with Crippen LogP contribution < -0.4 is 5.32 Å². The molecule has 0 aliphatic carbocycles. The highest BCUT2D eigenvalue weighted by Crippen LogP contribution is 2.35. The molecule has 2 aromatic rings. The Balaban J connectivity index is 2.30. The molecular weight excluding hydrogens is 310 g/mol. The number of alkyl halides is 3. The van der Waals surface area contributed by atoms with Crippen LogP contribution in [-0.4, -0.2) is 9.97 Å². The summed E-state index contributed by atoms with van der Waals surface area (Å²) in [5.74, 6) is -0.841. The van der Waals surface area contributed by atoms with Crippen molar-refractivity contribution in [2.24, 2.45) is 0 Å². The van der Waals surface area contributed by atoms with Gasteiger partial charge in [-0.2, -0.15) is 13.2 Å². The molecule has 1 aromatic carbocycles. The van der Waals surface area contributed by atoms with Crippen molar-refractivity contribution >= 4 is 17.4 Å². The molecule has 21 heavy (non-hydrogen) atoms. The van der Waals surface area contributed by atoms with Crippen molar-refractivity contribution in [1.82, 2.24) is 9.97 Å². The van der Waals surface area contributed by atoms with Gasteiger partial charge in [-0.05, 0) is 36.2 Å². The minimum atomic E-state index is -4.60. The van der Waals surface area contributed by atoms with Crippen molar-refractivity contribution in [3.63, 3.8) is 0 Å². The van der Waals surface area contributed by atoms with Crippen molar-refractivity contribution in [3.8, 4) is 0 Å². The molecule has 0 amide bonds. The third-order valence-corrected chi connectivity index (χ3v) is 2.97. The number of rotatable bonds is 3. The van der Waals surface area contributed by atoms with E-state index in [1.54, 1.807) is 6.92 Å². The zero-order chi connectivity index (χ0) is 15.6. The average Bonchev–Trinajstić information content (AvgIpc) is 2.38. The number of hydrogen-bond acceptors (Lipinski definition) is 3. The summed E-state index contributed by atoms with van der Waals surface area (Å²) in [5.41, 5.74) is -0.403. The molecule has 2 rings (SSSR count). The molecule has 0 bridgehead atoms. The van der Waals surface area contributed by atoms with Crippen molar-refractivity contribution in [2.45, 2.75) is 19.1 Å². The lowest BCUT2D eigenvalue weighted by Crippen LogP contribution is -2.15. The van der Waals surface area contributed by atoms with Gasteiger partial charge in [-0.1, -0.05) is 12.1 Å². The summed E-state index contributed by atoms with van der Waals surface area (Å²) in [7, 11) is 0. The predicted molar refractivity (Wildman–Crippen MR) is 70.5 cm³/mol. The maximum absolute atomic E-state index is 12.9. The first-order valence-electron chi connectivity index (χ1n) is 5.89. The molecular formula is C13H10ClF4N3. The van der Waals surface area contributed by atoms with Gasteiger partial charge >= 0.3 is 6.18 Å². The lowest BCUT2D eigenvalue weighted by molar-refractivity contribution is -0.137. The van der Waals surface area contributed by atoms with Crippen LogP contribution >= 0.6 is 11.6 Å². The summed E-state index contributed by atoms with van der Waals surface area (Å²) in [6, 6.07) is 4.89. The number of nitrogens with zero attached hydrogens (tertiary/aromatic N) is 2. The smallest absolute Gasteiger partial charge is 0.363 e. The van der Waals surface area contributed by atoms with Crippen LogP contribution in [0, 0.1) is 5.82 Å². The molecule has 112 valence electrons. The first kappa shape index (κ1) is 15.5. The van der Waals surface area contributed by atoms with Gasteiger partial charge in [0.15, 0.2) is 0 Å². The first-order valence-corrected chi connectivity index (χ1v) is 6.27. The normalized spacial score (nSPS) is 13.0. The van der Waals surface area contributed by atoms with Gasteiger partial charge in [0.25, 0.3) is 0 Å². The number of hydrogen-bond donors (Lipinski definition) is 1. The van der Waals surface area contributed by atoms with Gasteiger partial charge in [0, 0.05) is 12.2 Å². The number of aromatic nitrogens is 2. The molecule has 1 aromatic heterocycles. The van der Waals surface area contributed by atoms with E-state index in [4.69, 9.17) is 11.6 Å². The summed E-state index contributed by atoms with van der Waals surface area (Å²) in [5, 5.41) is 2.32. The van der Waals surface area contributed by atoms with Crippen LogP contribution in [0.4, 0.5) is 23.4 Å². The van der Waals surface area contributed by atoms with Gasteiger partial charge in [0.2, 0.25) is 5.28 Å². The summed E-state index contributed by atoms with van der Waals surface area (Å²) in [4.78, 5) is 6.91. The maximum atomic E-state index is 12.9. The fourth-order valence-corrected chi connectivity index (χ4v) is 1.85. The van der Waals surface area contributed by atoms with Gasteiger partial charge in [-0.25, -0.2) is 14.4 Å². The zero-order valence-electron chi connectivity index (χ0n) is 10.7. The Morgan fingerprint density at radius 3 is 2.38 bits per heavy atom. The van der Waals surface area contributed by atoms with Crippen LogP contribution in [0.25, 0.3) is 0 Å². The van der Waals surface area contributed by atoms with Crippen molar-refractivity contribution in [3.05, 3.63) is 52.7 Å². The summed E-state index contributed by atoms with van der Waals surface area (Å²) < 4.78 is 51.5. The van der Waals surface area contributed by atoms with E-state index in [2.05, 4.69) is 15.3 Å². The standard InChI is InChI=1S/C13H10ClF4N3/c1-7(8-2-4-9(15)5-3-8)20-11-10(13(16,17)18)6-19-12(14)21-11/h2-7H,1H3,(H,19,20,21). The summed E-state index contributed by atoms with van der Waals surface area (Å²) in [6.45, 7) is 1.63. The maximum Gasteiger partial charge on any atom is 0.421 e. The molecule has 0 fully saturated rings. The second-order valence-electron chi connectivity index (χ2n) is 4.32. The molecule has 1 unspecified atom stereocenters. The number of nitrogens with one attached hydrogen (secondary N) is 1. The summed E-state index contributed by atoms with van der Waals surface area (Å²) in [6.07, 6.45) is -3.98. The highest BCUT2D eigenvalue weighted by molar-refractivity contribution is 6.28. The number of halogens is 5. The van der Waals surface area contributed by atoms with Gasteiger partial charge in [0.05, 0.1) is 0 Å². The van der Waals surface area contributed by atoms with Crippen LogP contribution in [0.15, 0.2) is 30.5 Å². The van der Waals surface area contributed by atoms with Crippen LogP contribution in [0.2, 0.25) is 5.28 Å². The van der Waals surface area contributed by atoms with E-state index in [1.165, 1.54) is 24.3 Å². The van der Waals surface area contributed by atoms with Crippen LogP contribution in [0.1, 0.15) is 24.1 Å². The second-order valence-corrected chi connectivity index (χ2v) is 4.65. The summed E-state index contributed by atoms with van der Waals surface area (Å²) >= 11 is 5.54. The Morgan fingerprint density at radius 1 is 1.19 bits per heavy atom. The van der Waals surface area contributed by atoms with Crippen molar-refractivity contribution < 1.29 is 17.6 Å². The quantitative estimate of drug-likeness (QED) is 0.670. The van der Waals surface area contributed by atoms with Gasteiger partial charge in [-0.15, -0.1) is 0 Å². The molecule has 1 heterocycles. The Bertz CT molecular complexity index is 628. The molecule has 8 heteroatoms. The van der Waals surface area contributed by atoms with Crippen LogP contribution in [-0.2, 0) is 6.18 Å². The molecule has 1 atom stereocenters. The fraction of sp³-hybridized carbons (Fsp3) is 0.231. The topological polar surface area (TPSA) is 37.8 Å². The zero-order valence-corrected chi connectivity index (χ0v) is 11.5. The molecule has 0 saturated carbocycles. The third kappa shape index (κ3) is 3.81. The molecule has 3 nitrogen and oxygen atoms in total. The molecule has 0 spiro atoms. The molecule has 0 saturated heterocycles. The fourth-order valence-electron chi connectivity index (χ4n) is 1.72. The highest BCUT2D eigenvalue weighted by Gasteiger charge is 2.35.